The van der Waals surface area contributed by atoms with E-state index in [4.69, 9.17) is 5.73 Å². The van der Waals surface area contributed by atoms with Gasteiger partial charge < -0.3 is 15.6 Å². The number of nitrogens with one attached hydrogen (secondary N) is 1. The summed E-state index contributed by atoms with van der Waals surface area (Å²) in [5, 5.41) is 5.83. The van der Waals surface area contributed by atoms with E-state index in [-0.39, 0.29) is 5.82 Å². The molecule has 128 valence electrons. The number of carbonyl (C=O) groups excluding carboxylic acids is 1. The molecule has 0 spiro atoms. The Bertz CT molecular complexity index is 941. The molecule has 0 aliphatic heterocycles. The van der Waals surface area contributed by atoms with Gasteiger partial charge in [-0.15, -0.1) is 11.3 Å². The first-order valence-corrected chi connectivity index (χ1v) is 8.91. The number of carbonyl (C=O) groups is 1. The molecular weight excluding hydrogens is 339 g/mol. The quantitative estimate of drug-likeness (QED) is 0.718. The highest BCUT2D eigenvalue weighted by atomic mass is 32.1. The van der Waals surface area contributed by atoms with Crippen LogP contribution in [0.1, 0.15) is 34.9 Å². The van der Waals surface area contributed by atoms with Crippen LogP contribution in [0.3, 0.4) is 0 Å². The smallest absolute Gasteiger partial charge is 0.250 e. The molecular formula is C18H17FN4OS. The van der Waals surface area contributed by atoms with Gasteiger partial charge in [0.1, 0.15) is 5.82 Å². The van der Waals surface area contributed by atoms with Crippen molar-refractivity contribution in [3.8, 4) is 11.4 Å². The van der Waals surface area contributed by atoms with Crippen molar-refractivity contribution in [2.75, 3.05) is 5.32 Å². The summed E-state index contributed by atoms with van der Waals surface area (Å²) in [5.74, 6) is -0.694. The topological polar surface area (TPSA) is 72.9 Å². The molecule has 1 aliphatic carbocycles. The van der Waals surface area contributed by atoms with Gasteiger partial charge in [0.15, 0.2) is 5.13 Å². The molecule has 0 atom stereocenters. The van der Waals surface area contributed by atoms with Crippen LogP contribution in [0.5, 0.6) is 0 Å². The van der Waals surface area contributed by atoms with Crippen molar-refractivity contribution in [2.24, 2.45) is 5.73 Å². The van der Waals surface area contributed by atoms with Crippen LogP contribution < -0.4 is 11.1 Å². The highest BCUT2D eigenvalue weighted by Gasteiger charge is 2.30. The standard InChI is InChI=1S/C18H17FN4OS/c1-10-14(17(20)24)8-16(23(10)13-6-7-13)15-9-25-18(22-15)21-12-4-2-11(19)3-5-12/h2-5,8-9,13H,6-7H2,1H3,(H2,20,24)(H,21,22). The van der Waals surface area contributed by atoms with Crippen molar-refractivity contribution < 1.29 is 9.18 Å². The van der Waals surface area contributed by atoms with Crippen LogP contribution in [0.15, 0.2) is 35.7 Å². The molecule has 1 aliphatic rings. The summed E-state index contributed by atoms with van der Waals surface area (Å²) in [6, 6.07) is 8.37. The van der Waals surface area contributed by atoms with Gasteiger partial charge in [-0.25, -0.2) is 9.37 Å². The molecule has 0 saturated heterocycles. The Kier molecular flexibility index (Phi) is 3.80. The van der Waals surface area contributed by atoms with E-state index in [0.29, 0.717) is 16.7 Å². The van der Waals surface area contributed by atoms with E-state index in [2.05, 4.69) is 14.9 Å². The van der Waals surface area contributed by atoms with Gasteiger partial charge in [-0.05, 0) is 50.1 Å². The Morgan fingerprint density at radius 3 is 2.72 bits per heavy atom. The number of anilines is 2. The van der Waals surface area contributed by atoms with Gasteiger partial charge in [0.2, 0.25) is 0 Å². The summed E-state index contributed by atoms with van der Waals surface area (Å²) in [4.78, 5) is 16.3. The number of amides is 1. The maximum absolute atomic E-state index is 13.0. The van der Waals surface area contributed by atoms with Crippen LogP contribution in [0.2, 0.25) is 0 Å². The minimum atomic E-state index is -0.418. The maximum atomic E-state index is 13.0. The van der Waals surface area contributed by atoms with E-state index < -0.39 is 5.91 Å². The predicted octanol–water partition coefficient (Wildman–Crippen LogP) is 4.24. The zero-order chi connectivity index (χ0) is 17.6. The monoisotopic (exact) mass is 356 g/mol. The van der Waals surface area contributed by atoms with Crippen LogP contribution >= 0.6 is 11.3 Å². The third-order valence-electron chi connectivity index (χ3n) is 4.33. The fourth-order valence-electron chi connectivity index (χ4n) is 2.98. The third kappa shape index (κ3) is 3.02. The third-order valence-corrected chi connectivity index (χ3v) is 5.09. The number of nitrogens with zero attached hydrogens (tertiary/aromatic N) is 2. The fraction of sp³-hybridized carbons (Fsp3) is 0.222. The summed E-state index contributed by atoms with van der Waals surface area (Å²) < 4.78 is 15.2. The van der Waals surface area contributed by atoms with Crippen molar-refractivity contribution >= 4 is 28.1 Å². The first-order chi connectivity index (χ1) is 12.0. The Morgan fingerprint density at radius 2 is 2.08 bits per heavy atom. The Balaban J connectivity index is 1.67. The molecule has 1 aromatic carbocycles. The predicted molar refractivity (Wildman–Crippen MR) is 96.7 cm³/mol. The lowest BCUT2D eigenvalue weighted by Crippen LogP contribution is -2.12. The maximum Gasteiger partial charge on any atom is 0.250 e. The minimum absolute atomic E-state index is 0.276. The normalized spacial score (nSPS) is 13.8. The van der Waals surface area contributed by atoms with Crippen LogP contribution in [0, 0.1) is 12.7 Å². The number of aromatic nitrogens is 2. The van der Waals surface area contributed by atoms with E-state index in [1.807, 2.05) is 18.4 Å². The summed E-state index contributed by atoms with van der Waals surface area (Å²) in [6.45, 7) is 1.92. The van der Waals surface area contributed by atoms with Crippen LogP contribution in [-0.4, -0.2) is 15.5 Å². The summed E-state index contributed by atoms with van der Waals surface area (Å²) >= 11 is 1.46. The number of hydrogen-bond acceptors (Lipinski definition) is 4. The van der Waals surface area contributed by atoms with Crippen molar-refractivity contribution in [1.82, 2.24) is 9.55 Å². The minimum Gasteiger partial charge on any atom is -0.366 e. The van der Waals surface area contributed by atoms with Gasteiger partial charge in [0.05, 0.1) is 17.0 Å². The molecule has 3 N–H and O–H groups in total. The SMILES string of the molecule is Cc1c(C(N)=O)cc(-c2csc(Nc3ccc(F)cc3)n2)n1C1CC1. The molecule has 7 heteroatoms. The first kappa shape index (κ1) is 15.8. The van der Waals surface area contributed by atoms with Crippen LogP contribution in [0.25, 0.3) is 11.4 Å². The van der Waals surface area contributed by atoms with Gasteiger partial charge in [0, 0.05) is 22.8 Å². The molecule has 2 heterocycles. The molecule has 2 aromatic heterocycles. The Labute approximate surface area is 148 Å². The van der Waals surface area contributed by atoms with Crippen LogP contribution in [-0.2, 0) is 0 Å². The highest BCUT2D eigenvalue weighted by molar-refractivity contribution is 7.14. The number of hydrogen-bond donors (Lipinski definition) is 2. The molecule has 0 radical (unpaired) electrons. The first-order valence-electron chi connectivity index (χ1n) is 8.03. The highest BCUT2D eigenvalue weighted by Crippen LogP contribution is 2.42. The van der Waals surface area contributed by atoms with Gasteiger partial charge >= 0.3 is 0 Å². The number of halogens is 1. The summed E-state index contributed by atoms with van der Waals surface area (Å²) in [6.07, 6.45) is 2.21. The van der Waals surface area contributed by atoms with E-state index in [9.17, 15) is 9.18 Å². The number of primary amides is 1. The molecule has 1 amide bonds. The average Bonchev–Trinajstić information content (AvgIpc) is 3.20. The average molecular weight is 356 g/mol. The van der Waals surface area contributed by atoms with Gasteiger partial charge in [-0.2, -0.15) is 0 Å². The Hall–Kier alpha value is -2.67. The van der Waals surface area contributed by atoms with Crippen molar-refractivity contribution in [2.45, 2.75) is 25.8 Å². The molecule has 5 nitrogen and oxygen atoms in total. The van der Waals surface area contributed by atoms with Crippen molar-refractivity contribution in [3.05, 3.63) is 52.8 Å². The largest absolute Gasteiger partial charge is 0.366 e. The van der Waals surface area contributed by atoms with Crippen molar-refractivity contribution in [3.63, 3.8) is 0 Å². The van der Waals surface area contributed by atoms with Gasteiger partial charge in [0.25, 0.3) is 5.91 Å². The molecule has 4 rings (SSSR count). The molecule has 25 heavy (non-hydrogen) atoms. The van der Waals surface area contributed by atoms with E-state index in [1.54, 1.807) is 12.1 Å². The van der Waals surface area contributed by atoms with E-state index in [0.717, 1.165) is 35.6 Å². The lowest BCUT2D eigenvalue weighted by atomic mass is 10.2. The summed E-state index contributed by atoms with van der Waals surface area (Å²) in [5.41, 5.74) is 9.43. The van der Waals surface area contributed by atoms with Crippen molar-refractivity contribution in [1.29, 1.82) is 0 Å². The lowest BCUT2D eigenvalue weighted by Gasteiger charge is -2.08. The van der Waals surface area contributed by atoms with E-state index >= 15 is 0 Å². The number of rotatable bonds is 5. The van der Waals surface area contributed by atoms with Gasteiger partial charge in [-0.3, -0.25) is 4.79 Å². The molecule has 3 aromatic rings. The lowest BCUT2D eigenvalue weighted by molar-refractivity contribution is 0.0999. The number of nitrogens with two attached hydrogens (primary N) is 1. The second-order valence-electron chi connectivity index (χ2n) is 6.16. The zero-order valence-electron chi connectivity index (χ0n) is 13.6. The molecule has 0 bridgehead atoms. The second kappa shape index (κ2) is 6.00. The number of benzene rings is 1. The molecule has 1 fully saturated rings. The zero-order valence-corrected chi connectivity index (χ0v) is 14.4. The number of thiazole rings is 1. The summed E-state index contributed by atoms with van der Waals surface area (Å²) in [7, 11) is 0. The van der Waals surface area contributed by atoms with Gasteiger partial charge in [-0.1, -0.05) is 0 Å². The van der Waals surface area contributed by atoms with Crippen LogP contribution in [0.4, 0.5) is 15.2 Å². The fourth-order valence-corrected chi connectivity index (χ4v) is 3.70. The molecule has 1 saturated carbocycles. The second-order valence-corrected chi connectivity index (χ2v) is 7.02. The molecule has 0 unspecified atom stereocenters. The Morgan fingerprint density at radius 1 is 1.36 bits per heavy atom. The van der Waals surface area contributed by atoms with E-state index in [1.165, 1.54) is 23.5 Å².